The molecular formula is C15H21ClN2O2. The molecular weight excluding hydrogens is 276 g/mol. The summed E-state index contributed by atoms with van der Waals surface area (Å²) in [5.74, 6) is 0.728. The summed E-state index contributed by atoms with van der Waals surface area (Å²) in [4.78, 5) is 10.4. The van der Waals surface area contributed by atoms with Gasteiger partial charge in [-0.2, -0.15) is 0 Å². The van der Waals surface area contributed by atoms with E-state index < -0.39 is 4.92 Å². The maximum Gasteiger partial charge on any atom is 0.288 e. The molecule has 1 N–H and O–H groups in total. The normalized spacial score (nSPS) is 17.9. The first-order chi connectivity index (χ1) is 9.58. The maximum absolute atomic E-state index is 10.9. The SMILES string of the molecule is CC(NCc1ccc(Cl)c([N+](=O)[O-])c1)C1CCCCC1. The fourth-order valence-corrected chi connectivity index (χ4v) is 3.07. The first kappa shape index (κ1) is 15.3. The molecule has 110 valence electrons. The van der Waals surface area contributed by atoms with Crippen LogP contribution in [0.15, 0.2) is 18.2 Å². The van der Waals surface area contributed by atoms with Crippen molar-refractivity contribution in [2.75, 3.05) is 0 Å². The lowest BCUT2D eigenvalue weighted by atomic mass is 9.84. The zero-order valence-electron chi connectivity index (χ0n) is 11.8. The fourth-order valence-electron chi connectivity index (χ4n) is 2.89. The molecule has 0 aromatic heterocycles. The molecule has 0 spiro atoms. The molecule has 0 aliphatic heterocycles. The van der Waals surface area contributed by atoms with Gasteiger partial charge in [-0.05, 0) is 37.3 Å². The van der Waals surface area contributed by atoms with Crippen molar-refractivity contribution >= 4 is 17.3 Å². The van der Waals surface area contributed by atoms with Gasteiger partial charge in [0, 0.05) is 18.7 Å². The van der Waals surface area contributed by atoms with E-state index in [0.29, 0.717) is 12.6 Å². The quantitative estimate of drug-likeness (QED) is 0.651. The van der Waals surface area contributed by atoms with E-state index in [1.165, 1.54) is 32.1 Å². The minimum Gasteiger partial charge on any atom is -0.310 e. The Morgan fingerprint density at radius 1 is 1.40 bits per heavy atom. The fraction of sp³-hybridized carbons (Fsp3) is 0.600. The number of benzene rings is 1. The summed E-state index contributed by atoms with van der Waals surface area (Å²) in [6.07, 6.45) is 6.57. The zero-order chi connectivity index (χ0) is 14.5. The molecule has 1 aliphatic carbocycles. The Labute approximate surface area is 124 Å². The molecule has 0 saturated heterocycles. The molecule has 5 heteroatoms. The molecule has 1 aromatic rings. The van der Waals surface area contributed by atoms with Crippen molar-refractivity contribution < 1.29 is 4.92 Å². The van der Waals surface area contributed by atoms with Gasteiger partial charge in [0.2, 0.25) is 0 Å². The van der Waals surface area contributed by atoms with E-state index in [-0.39, 0.29) is 10.7 Å². The third-order valence-electron chi connectivity index (χ3n) is 4.19. The van der Waals surface area contributed by atoms with E-state index in [2.05, 4.69) is 12.2 Å². The summed E-state index contributed by atoms with van der Waals surface area (Å²) < 4.78 is 0. The lowest BCUT2D eigenvalue weighted by Crippen LogP contribution is -2.34. The Kier molecular flexibility index (Phi) is 5.38. The van der Waals surface area contributed by atoms with E-state index in [9.17, 15) is 10.1 Å². The van der Waals surface area contributed by atoms with E-state index in [4.69, 9.17) is 11.6 Å². The highest BCUT2D eigenvalue weighted by molar-refractivity contribution is 6.32. The molecule has 1 atom stereocenters. The minimum absolute atomic E-state index is 0.0173. The van der Waals surface area contributed by atoms with Crippen molar-refractivity contribution in [3.8, 4) is 0 Å². The monoisotopic (exact) mass is 296 g/mol. The number of halogens is 1. The summed E-state index contributed by atoms with van der Waals surface area (Å²) >= 11 is 5.81. The molecule has 2 rings (SSSR count). The van der Waals surface area contributed by atoms with Crippen LogP contribution in [-0.2, 0) is 6.54 Å². The Morgan fingerprint density at radius 2 is 2.10 bits per heavy atom. The summed E-state index contributed by atoms with van der Waals surface area (Å²) in [7, 11) is 0. The van der Waals surface area contributed by atoms with Gasteiger partial charge in [0.15, 0.2) is 0 Å². The van der Waals surface area contributed by atoms with Gasteiger partial charge in [-0.3, -0.25) is 10.1 Å². The largest absolute Gasteiger partial charge is 0.310 e. The van der Waals surface area contributed by atoms with E-state index >= 15 is 0 Å². The van der Waals surface area contributed by atoms with Crippen molar-refractivity contribution in [2.45, 2.75) is 51.6 Å². The molecule has 1 fully saturated rings. The molecule has 0 bridgehead atoms. The minimum atomic E-state index is -0.434. The van der Waals surface area contributed by atoms with Crippen molar-refractivity contribution in [3.05, 3.63) is 38.9 Å². The van der Waals surface area contributed by atoms with Crippen LogP contribution < -0.4 is 5.32 Å². The average molecular weight is 297 g/mol. The first-order valence-electron chi connectivity index (χ1n) is 7.24. The maximum atomic E-state index is 10.9. The van der Waals surface area contributed by atoms with Gasteiger partial charge in [-0.15, -0.1) is 0 Å². The second-order valence-corrected chi connectivity index (χ2v) is 6.02. The van der Waals surface area contributed by atoms with Crippen LogP contribution in [0.1, 0.15) is 44.6 Å². The Bertz CT molecular complexity index is 473. The third-order valence-corrected chi connectivity index (χ3v) is 4.51. The van der Waals surface area contributed by atoms with Gasteiger partial charge < -0.3 is 5.32 Å². The van der Waals surface area contributed by atoms with Crippen LogP contribution in [0.4, 0.5) is 5.69 Å². The molecule has 1 aliphatic rings. The van der Waals surface area contributed by atoms with Gasteiger partial charge in [0.25, 0.3) is 5.69 Å². The van der Waals surface area contributed by atoms with E-state index in [1.807, 2.05) is 6.07 Å². The number of rotatable bonds is 5. The summed E-state index contributed by atoms with van der Waals surface area (Å²) in [6, 6.07) is 5.45. The number of nitrogens with zero attached hydrogens (tertiary/aromatic N) is 1. The predicted octanol–water partition coefficient (Wildman–Crippen LogP) is 4.31. The third kappa shape index (κ3) is 3.93. The Balaban J connectivity index is 1.93. The van der Waals surface area contributed by atoms with Crippen LogP contribution in [0.2, 0.25) is 5.02 Å². The van der Waals surface area contributed by atoms with Crippen LogP contribution in [0, 0.1) is 16.0 Å². The zero-order valence-corrected chi connectivity index (χ0v) is 12.5. The van der Waals surface area contributed by atoms with Crippen LogP contribution in [0.25, 0.3) is 0 Å². The Morgan fingerprint density at radius 3 is 2.75 bits per heavy atom. The van der Waals surface area contributed by atoms with Crippen molar-refractivity contribution in [3.63, 3.8) is 0 Å². The lowest BCUT2D eigenvalue weighted by molar-refractivity contribution is -0.384. The highest BCUT2D eigenvalue weighted by Gasteiger charge is 2.20. The number of nitro groups is 1. The number of hydrogen-bond acceptors (Lipinski definition) is 3. The molecule has 0 heterocycles. The van der Waals surface area contributed by atoms with Crippen LogP contribution >= 0.6 is 11.6 Å². The molecule has 4 nitrogen and oxygen atoms in total. The predicted molar refractivity (Wildman–Crippen MR) is 81.0 cm³/mol. The number of nitrogens with one attached hydrogen (secondary N) is 1. The summed E-state index contributed by atoms with van der Waals surface area (Å²) in [6.45, 7) is 2.86. The molecule has 0 radical (unpaired) electrons. The van der Waals surface area contributed by atoms with Crippen LogP contribution in [-0.4, -0.2) is 11.0 Å². The van der Waals surface area contributed by atoms with Gasteiger partial charge in [-0.1, -0.05) is 36.9 Å². The summed E-state index contributed by atoms with van der Waals surface area (Å²) in [5, 5.41) is 14.5. The van der Waals surface area contributed by atoms with Crippen molar-refractivity contribution in [1.82, 2.24) is 5.32 Å². The number of hydrogen-bond donors (Lipinski definition) is 1. The van der Waals surface area contributed by atoms with E-state index in [1.54, 1.807) is 12.1 Å². The molecule has 1 aromatic carbocycles. The van der Waals surface area contributed by atoms with Gasteiger partial charge >= 0.3 is 0 Å². The second-order valence-electron chi connectivity index (χ2n) is 5.61. The summed E-state index contributed by atoms with van der Waals surface area (Å²) in [5.41, 5.74) is 0.889. The Hall–Kier alpha value is -1.13. The van der Waals surface area contributed by atoms with E-state index in [0.717, 1.165) is 11.5 Å². The van der Waals surface area contributed by atoms with Crippen LogP contribution in [0.3, 0.4) is 0 Å². The van der Waals surface area contributed by atoms with Crippen molar-refractivity contribution in [2.24, 2.45) is 5.92 Å². The van der Waals surface area contributed by atoms with Gasteiger partial charge in [-0.25, -0.2) is 0 Å². The van der Waals surface area contributed by atoms with Gasteiger partial charge in [0.1, 0.15) is 5.02 Å². The smallest absolute Gasteiger partial charge is 0.288 e. The van der Waals surface area contributed by atoms with Crippen LogP contribution in [0.5, 0.6) is 0 Å². The molecule has 0 amide bonds. The highest BCUT2D eigenvalue weighted by atomic mass is 35.5. The second kappa shape index (κ2) is 7.04. The first-order valence-corrected chi connectivity index (χ1v) is 7.62. The van der Waals surface area contributed by atoms with Crippen molar-refractivity contribution in [1.29, 1.82) is 0 Å². The molecule has 1 saturated carbocycles. The lowest BCUT2D eigenvalue weighted by Gasteiger charge is -2.28. The van der Waals surface area contributed by atoms with Gasteiger partial charge in [0.05, 0.1) is 4.92 Å². The number of nitro benzene ring substituents is 1. The highest BCUT2D eigenvalue weighted by Crippen LogP contribution is 2.27. The molecule has 20 heavy (non-hydrogen) atoms. The topological polar surface area (TPSA) is 55.2 Å². The average Bonchev–Trinajstić information content (AvgIpc) is 2.46. The standard InChI is InChI=1S/C15H21ClN2O2/c1-11(13-5-3-2-4-6-13)17-10-12-7-8-14(16)15(9-12)18(19)20/h7-9,11,13,17H,2-6,10H2,1H3. The molecule has 1 unspecified atom stereocenters.